The zero-order valence-electron chi connectivity index (χ0n) is 12.3. The van der Waals surface area contributed by atoms with Gasteiger partial charge in [0.25, 0.3) is 5.91 Å². The molecule has 116 valence electrons. The highest BCUT2D eigenvalue weighted by Crippen LogP contribution is 2.25. The van der Waals surface area contributed by atoms with Crippen molar-refractivity contribution in [1.82, 2.24) is 4.90 Å². The minimum atomic E-state index is -0.516. The third kappa shape index (κ3) is 3.88. The van der Waals surface area contributed by atoms with Crippen molar-refractivity contribution in [1.29, 1.82) is 0 Å². The number of amides is 1. The molecule has 3 nitrogen and oxygen atoms in total. The van der Waals surface area contributed by atoms with E-state index in [0.717, 1.165) is 25.7 Å². The number of alkyl halides is 1. The first-order valence-electron chi connectivity index (χ1n) is 7.38. The van der Waals surface area contributed by atoms with Crippen molar-refractivity contribution in [3.05, 3.63) is 29.6 Å². The molecule has 2 rings (SSSR count). The smallest absolute Gasteiger partial charge is 0.254 e. The molecule has 1 aromatic carbocycles. The van der Waals surface area contributed by atoms with Crippen LogP contribution in [0.15, 0.2) is 18.2 Å². The molecule has 1 aromatic rings. The van der Waals surface area contributed by atoms with Crippen molar-refractivity contribution in [3.63, 3.8) is 0 Å². The molecule has 0 N–H and O–H groups in total. The Morgan fingerprint density at radius 1 is 1.38 bits per heavy atom. The number of carbonyl (C=O) groups is 1. The van der Waals surface area contributed by atoms with Gasteiger partial charge < -0.3 is 9.64 Å². The summed E-state index contributed by atoms with van der Waals surface area (Å²) in [5, 5.41) is 0. The second-order valence-corrected chi connectivity index (χ2v) is 5.71. The number of ether oxygens (including phenoxy) is 1. The maximum atomic E-state index is 13.8. The van der Waals surface area contributed by atoms with E-state index in [0.29, 0.717) is 18.0 Å². The van der Waals surface area contributed by atoms with Gasteiger partial charge in [0.05, 0.1) is 7.11 Å². The summed E-state index contributed by atoms with van der Waals surface area (Å²) in [5.41, 5.74) is 0.351. The number of hydrogen-bond acceptors (Lipinski definition) is 2. The summed E-state index contributed by atoms with van der Waals surface area (Å²) >= 11 is 5.84. The van der Waals surface area contributed by atoms with Crippen LogP contribution in [0, 0.1) is 5.82 Å². The molecule has 1 aliphatic carbocycles. The van der Waals surface area contributed by atoms with Crippen LogP contribution < -0.4 is 4.74 Å². The summed E-state index contributed by atoms with van der Waals surface area (Å²) in [4.78, 5) is 14.4. The van der Waals surface area contributed by atoms with Gasteiger partial charge in [-0.3, -0.25) is 4.79 Å². The fourth-order valence-corrected chi connectivity index (χ4v) is 3.08. The number of nitrogens with zero attached hydrogens (tertiary/aromatic N) is 1. The lowest BCUT2D eigenvalue weighted by molar-refractivity contribution is 0.0649. The SMILES string of the molecule is COc1ccc(C(=O)N(CCCl)C2CCCCC2)cc1F. The fourth-order valence-electron chi connectivity index (χ4n) is 2.90. The summed E-state index contributed by atoms with van der Waals surface area (Å²) < 4.78 is 18.7. The van der Waals surface area contributed by atoms with E-state index in [1.54, 1.807) is 11.0 Å². The second kappa shape index (κ2) is 7.64. The van der Waals surface area contributed by atoms with Gasteiger partial charge in [-0.25, -0.2) is 4.39 Å². The molecule has 0 saturated heterocycles. The molecule has 0 unspecified atom stereocenters. The average molecular weight is 314 g/mol. The molecular formula is C16H21ClFNO2. The maximum Gasteiger partial charge on any atom is 0.254 e. The zero-order chi connectivity index (χ0) is 15.2. The molecule has 0 aromatic heterocycles. The Morgan fingerprint density at radius 2 is 2.10 bits per heavy atom. The van der Waals surface area contributed by atoms with E-state index in [1.807, 2.05) is 0 Å². The van der Waals surface area contributed by atoms with E-state index in [1.165, 1.54) is 25.7 Å². The van der Waals surface area contributed by atoms with Gasteiger partial charge in [0.15, 0.2) is 11.6 Å². The molecule has 0 atom stereocenters. The van der Waals surface area contributed by atoms with Crippen LogP contribution in [-0.2, 0) is 0 Å². The predicted octanol–water partition coefficient (Wildman–Crippen LogP) is 3.85. The Labute approximate surface area is 130 Å². The van der Waals surface area contributed by atoms with Crippen molar-refractivity contribution >= 4 is 17.5 Å². The third-order valence-corrected chi connectivity index (χ3v) is 4.17. The van der Waals surface area contributed by atoms with Gasteiger partial charge in [0.1, 0.15) is 0 Å². The Hall–Kier alpha value is -1.29. The van der Waals surface area contributed by atoms with Crippen LogP contribution in [0.1, 0.15) is 42.5 Å². The first-order chi connectivity index (χ1) is 10.2. The molecule has 1 amide bonds. The summed E-state index contributed by atoms with van der Waals surface area (Å²) in [6.07, 6.45) is 5.49. The van der Waals surface area contributed by atoms with Crippen molar-refractivity contribution in [3.8, 4) is 5.75 Å². The predicted molar refractivity (Wildman–Crippen MR) is 81.6 cm³/mol. The topological polar surface area (TPSA) is 29.5 Å². The molecule has 0 spiro atoms. The number of carbonyl (C=O) groups excluding carboxylic acids is 1. The van der Waals surface area contributed by atoms with Gasteiger partial charge in [-0.05, 0) is 31.0 Å². The minimum Gasteiger partial charge on any atom is -0.494 e. The molecule has 0 aliphatic heterocycles. The first-order valence-corrected chi connectivity index (χ1v) is 7.91. The maximum absolute atomic E-state index is 13.8. The normalized spacial score (nSPS) is 15.8. The number of halogens is 2. The molecule has 5 heteroatoms. The van der Waals surface area contributed by atoms with Crippen LogP contribution in [-0.4, -0.2) is 36.4 Å². The standard InChI is InChI=1S/C16H21ClFNO2/c1-21-15-8-7-12(11-14(15)18)16(20)19(10-9-17)13-5-3-2-4-6-13/h7-8,11,13H,2-6,9-10H2,1H3. The highest BCUT2D eigenvalue weighted by molar-refractivity contribution is 6.18. The van der Waals surface area contributed by atoms with Crippen molar-refractivity contribution in [2.45, 2.75) is 38.1 Å². The lowest BCUT2D eigenvalue weighted by Gasteiger charge is -2.34. The lowest BCUT2D eigenvalue weighted by atomic mass is 9.93. The number of hydrogen-bond donors (Lipinski definition) is 0. The van der Waals surface area contributed by atoms with Crippen LogP contribution in [0.4, 0.5) is 4.39 Å². The van der Waals surface area contributed by atoms with Crippen molar-refractivity contribution in [2.24, 2.45) is 0 Å². The summed E-state index contributed by atoms with van der Waals surface area (Å²) in [5.74, 6) is -0.129. The monoisotopic (exact) mass is 313 g/mol. The highest BCUT2D eigenvalue weighted by atomic mass is 35.5. The molecule has 21 heavy (non-hydrogen) atoms. The summed E-state index contributed by atoms with van der Waals surface area (Å²) in [7, 11) is 1.40. The van der Waals surface area contributed by atoms with E-state index < -0.39 is 5.82 Å². The Morgan fingerprint density at radius 3 is 2.67 bits per heavy atom. The van der Waals surface area contributed by atoms with Crippen LogP contribution in [0.25, 0.3) is 0 Å². The van der Waals surface area contributed by atoms with E-state index in [-0.39, 0.29) is 17.7 Å². The number of rotatable bonds is 5. The minimum absolute atomic E-state index is 0.146. The van der Waals surface area contributed by atoms with Gasteiger partial charge in [0.2, 0.25) is 0 Å². The first kappa shape index (κ1) is 16.1. The zero-order valence-corrected chi connectivity index (χ0v) is 13.0. The molecule has 1 saturated carbocycles. The average Bonchev–Trinajstić information content (AvgIpc) is 2.52. The van der Waals surface area contributed by atoms with Crippen LogP contribution >= 0.6 is 11.6 Å². The highest BCUT2D eigenvalue weighted by Gasteiger charge is 2.26. The third-order valence-electron chi connectivity index (χ3n) is 4.00. The van der Waals surface area contributed by atoms with Gasteiger partial charge in [-0.1, -0.05) is 19.3 Å². The van der Waals surface area contributed by atoms with E-state index in [2.05, 4.69) is 0 Å². The Kier molecular flexibility index (Phi) is 5.85. The molecule has 1 aliphatic rings. The molecule has 0 radical (unpaired) electrons. The van der Waals surface area contributed by atoms with E-state index in [4.69, 9.17) is 16.3 Å². The van der Waals surface area contributed by atoms with Crippen LogP contribution in [0.5, 0.6) is 5.75 Å². The molecule has 1 fully saturated rings. The van der Waals surface area contributed by atoms with Crippen LogP contribution in [0.3, 0.4) is 0 Å². The van der Waals surface area contributed by atoms with Gasteiger partial charge in [-0.15, -0.1) is 11.6 Å². The van der Waals surface area contributed by atoms with Gasteiger partial charge in [0, 0.05) is 24.0 Å². The van der Waals surface area contributed by atoms with Crippen molar-refractivity contribution in [2.75, 3.05) is 19.5 Å². The van der Waals surface area contributed by atoms with E-state index >= 15 is 0 Å². The molecular weight excluding hydrogens is 293 g/mol. The largest absolute Gasteiger partial charge is 0.494 e. The number of methoxy groups -OCH3 is 1. The Bertz CT molecular complexity index is 489. The molecule has 0 heterocycles. The van der Waals surface area contributed by atoms with Gasteiger partial charge in [-0.2, -0.15) is 0 Å². The second-order valence-electron chi connectivity index (χ2n) is 5.33. The number of benzene rings is 1. The molecule has 0 bridgehead atoms. The van der Waals surface area contributed by atoms with Crippen LogP contribution in [0.2, 0.25) is 0 Å². The van der Waals surface area contributed by atoms with E-state index in [9.17, 15) is 9.18 Å². The Balaban J connectivity index is 2.19. The van der Waals surface area contributed by atoms with Crippen molar-refractivity contribution < 1.29 is 13.9 Å². The lowest BCUT2D eigenvalue weighted by Crippen LogP contribution is -2.42. The quantitative estimate of drug-likeness (QED) is 0.773. The summed E-state index contributed by atoms with van der Waals surface area (Å²) in [6, 6.07) is 4.55. The van der Waals surface area contributed by atoms with Gasteiger partial charge >= 0.3 is 0 Å². The summed E-state index contributed by atoms with van der Waals surface area (Å²) in [6.45, 7) is 0.499. The fraction of sp³-hybridized carbons (Fsp3) is 0.562.